The number of nitrogens with zero attached hydrogens (tertiary/aromatic N) is 2. The molecule has 0 saturated carbocycles. The van der Waals surface area contributed by atoms with E-state index in [-0.39, 0.29) is 5.91 Å². The number of carbonyl (C=O) groups is 1. The predicted octanol–water partition coefficient (Wildman–Crippen LogP) is 3.61. The van der Waals surface area contributed by atoms with Crippen LogP contribution in [0.1, 0.15) is 58.5 Å². The molecule has 1 amide bonds. The predicted molar refractivity (Wildman–Crippen MR) is 91.7 cm³/mol. The minimum absolute atomic E-state index is 0.0445. The Kier molecular flexibility index (Phi) is 5.08. The van der Waals surface area contributed by atoms with Gasteiger partial charge in [-0.05, 0) is 37.7 Å². The number of carbonyl (C=O) groups excluding carboxylic acids is 1. The van der Waals surface area contributed by atoms with E-state index in [1.165, 1.54) is 16.9 Å². The van der Waals surface area contributed by atoms with Crippen LogP contribution in [0.5, 0.6) is 0 Å². The Balaban J connectivity index is 1.66. The first-order chi connectivity index (χ1) is 11.1. The molecule has 1 fully saturated rings. The SMILES string of the molecule is C[C@@H](O)c1ncc(C(=O)N2CCC[C@@H](c3ccccc3)CC2)s1. The molecule has 1 saturated heterocycles. The Morgan fingerprint density at radius 2 is 2.09 bits per heavy atom. The molecule has 0 unspecified atom stereocenters. The molecule has 5 heteroatoms. The van der Waals surface area contributed by atoms with Gasteiger partial charge in [0, 0.05) is 13.1 Å². The van der Waals surface area contributed by atoms with Crippen molar-refractivity contribution >= 4 is 17.2 Å². The first kappa shape index (κ1) is 16.1. The van der Waals surface area contributed by atoms with Gasteiger partial charge >= 0.3 is 0 Å². The van der Waals surface area contributed by atoms with Gasteiger partial charge in [0.05, 0.1) is 6.20 Å². The maximum absolute atomic E-state index is 12.6. The first-order valence-electron chi connectivity index (χ1n) is 8.13. The number of aromatic nitrogens is 1. The van der Waals surface area contributed by atoms with Gasteiger partial charge in [0.25, 0.3) is 5.91 Å². The van der Waals surface area contributed by atoms with Crippen molar-refractivity contribution in [2.75, 3.05) is 13.1 Å². The lowest BCUT2D eigenvalue weighted by atomic mass is 9.92. The number of rotatable bonds is 3. The highest BCUT2D eigenvalue weighted by atomic mass is 32.1. The molecule has 2 heterocycles. The zero-order valence-corrected chi connectivity index (χ0v) is 14.1. The third kappa shape index (κ3) is 3.79. The summed E-state index contributed by atoms with van der Waals surface area (Å²) in [5.74, 6) is 0.576. The lowest BCUT2D eigenvalue weighted by Crippen LogP contribution is -2.31. The van der Waals surface area contributed by atoms with E-state index in [9.17, 15) is 9.90 Å². The Bertz CT molecular complexity index is 654. The molecule has 2 atom stereocenters. The molecule has 122 valence electrons. The Hall–Kier alpha value is -1.72. The molecule has 0 aliphatic carbocycles. The van der Waals surface area contributed by atoms with Gasteiger partial charge in [0.2, 0.25) is 0 Å². The molecule has 0 radical (unpaired) electrons. The summed E-state index contributed by atoms with van der Waals surface area (Å²) in [6.45, 7) is 3.24. The van der Waals surface area contributed by atoms with E-state index in [0.717, 1.165) is 32.4 Å². The van der Waals surface area contributed by atoms with Crippen LogP contribution in [0.25, 0.3) is 0 Å². The Morgan fingerprint density at radius 3 is 2.78 bits per heavy atom. The maximum atomic E-state index is 12.6. The van der Waals surface area contributed by atoms with E-state index >= 15 is 0 Å². The standard InChI is InChI=1S/C18H22N2O2S/c1-13(21)17-19-12-16(23-17)18(22)20-10-5-8-15(9-11-20)14-6-3-2-4-7-14/h2-4,6-7,12-13,15,21H,5,8-11H2,1H3/t13-,15-/m1/s1. The third-order valence-corrected chi connectivity index (χ3v) is 5.53. The minimum atomic E-state index is -0.617. The highest BCUT2D eigenvalue weighted by molar-refractivity contribution is 7.13. The van der Waals surface area contributed by atoms with E-state index in [4.69, 9.17) is 0 Å². The summed E-state index contributed by atoms with van der Waals surface area (Å²) in [5, 5.41) is 10.2. The van der Waals surface area contributed by atoms with E-state index in [0.29, 0.717) is 15.8 Å². The van der Waals surface area contributed by atoms with Crippen molar-refractivity contribution in [2.45, 2.75) is 38.2 Å². The number of benzene rings is 1. The van der Waals surface area contributed by atoms with Gasteiger partial charge in [-0.1, -0.05) is 30.3 Å². The second-order valence-corrected chi connectivity index (χ2v) is 7.13. The van der Waals surface area contributed by atoms with Crippen molar-refractivity contribution < 1.29 is 9.90 Å². The smallest absolute Gasteiger partial charge is 0.265 e. The first-order valence-corrected chi connectivity index (χ1v) is 8.95. The number of hydrogen-bond donors (Lipinski definition) is 1. The van der Waals surface area contributed by atoms with Crippen LogP contribution in [0.2, 0.25) is 0 Å². The zero-order valence-electron chi connectivity index (χ0n) is 13.3. The second kappa shape index (κ2) is 7.23. The van der Waals surface area contributed by atoms with Gasteiger partial charge in [-0.15, -0.1) is 11.3 Å². The average Bonchev–Trinajstić information content (AvgIpc) is 2.94. The molecule has 3 rings (SSSR count). The van der Waals surface area contributed by atoms with Crippen LogP contribution < -0.4 is 0 Å². The van der Waals surface area contributed by atoms with E-state index < -0.39 is 6.10 Å². The molecular formula is C18H22N2O2S. The molecule has 1 aromatic carbocycles. The normalized spacial score (nSPS) is 20.1. The van der Waals surface area contributed by atoms with Crippen LogP contribution in [-0.2, 0) is 0 Å². The number of thiazole rings is 1. The molecule has 0 bridgehead atoms. The number of aliphatic hydroxyl groups is 1. The fourth-order valence-corrected chi connectivity index (χ4v) is 3.92. The molecule has 1 aliphatic rings. The number of likely N-dealkylation sites (tertiary alicyclic amines) is 1. The lowest BCUT2D eigenvalue weighted by Gasteiger charge is -2.19. The van der Waals surface area contributed by atoms with Crippen molar-refractivity contribution in [1.29, 1.82) is 0 Å². The molecular weight excluding hydrogens is 308 g/mol. The van der Waals surface area contributed by atoms with E-state index in [2.05, 4.69) is 29.2 Å². The Morgan fingerprint density at radius 1 is 1.30 bits per heavy atom. The molecule has 1 aliphatic heterocycles. The monoisotopic (exact) mass is 330 g/mol. The van der Waals surface area contributed by atoms with Crippen LogP contribution in [0.4, 0.5) is 0 Å². The van der Waals surface area contributed by atoms with Crippen LogP contribution in [-0.4, -0.2) is 34.0 Å². The van der Waals surface area contributed by atoms with E-state index in [1.807, 2.05) is 11.0 Å². The average molecular weight is 330 g/mol. The summed E-state index contributed by atoms with van der Waals surface area (Å²) in [6, 6.07) is 10.6. The van der Waals surface area contributed by atoms with Gasteiger partial charge in [0.15, 0.2) is 0 Å². The molecule has 0 spiro atoms. The van der Waals surface area contributed by atoms with Crippen molar-refractivity contribution in [3.63, 3.8) is 0 Å². The fourth-order valence-electron chi connectivity index (χ4n) is 3.09. The summed E-state index contributed by atoms with van der Waals surface area (Å²) in [4.78, 5) is 19.3. The third-order valence-electron chi connectivity index (χ3n) is 4.38. The highest BCUT2D eigenvalue weighted by Gasteiger charge is 2.24. The van der Waals surface area contributed by atoms with Gasteiger partial charge < -0.3 is 10.0 Å². The number of hydrogen-bond acceptors (Lipinski definition) is 4. The van der Waals surface area contributed by atoms with Crippen molar-refractivity contribution in [2.24, 2.45) is 0 Å². The molecule has 1 aromatic heterocycles. The molecule has 2 aromatic rings. The lowest BCUT2D eigenvalue weighted by molar-refractivity contribution is 0.0765. The number of aliphatic hydroxyl groups excluding tert-OH is 1. The van der Waals surface area contributed by atoms with Crippen molar-refractivity contribution in [3.05, 3.63) is 52.0 Å². The zero-order chi connectivity index (χ0) is 16.2. The maximum Gasteiger partial charge on any atom is 0.265 e. The van der Waals surface area contributed by atoms with Crippen LogP contribution >= 0.6 is 11.3 Å². The topological polar surface area (TPSA) is 53.4 Å². The molecule has 23 heavy (non-hydrogen) atoms. The summed E-state index contributed by atoms with van der Waals surface area (Å²) in [6.07, 6.45) is 4.11. The number of amides is 1. The summed E-state index contributed by atoms with van der Waals surface area (Å²) < 4.78 is 0. The largest absolute Gasteiger partial charge is 0.386 e. The summed E-state index contributed by atoms with van der Waals surface area (Å²) in [7, 11) is 0. The van der Waals surface area contributed by atoms with Gasteiger partial charge in [-0.3, -0.25) is 4.79 Å². The van der Waals surface area contributed by atoms with Gasteiger partial charge in [-0.25, -0.2) is 4.98 Å². The fraction of sp³-hybridized carbons (Fsp3) is 0.444. The summed E-state index contributed by atoms with van der Waals surface area (Å²) >= 11 is 1.29. The van der Waals surface area contributed by atoms with Gasteiger partial charge in [-0.2, -0.15) is 0 Å². The van der Waals surface area contributed by atoms with Crippen LogP contribution in [0.15, 0.2) is 36.5 Å². The molecule has 1 N–H and O–H groups in total. The highest BCUT2D eigenvalue weighted by Crippen LogP contribution is 2.29. The Labute approximate surface area is 140 Å². The van der Waals surface area contributed by atoms with Crippen LogP contribution in [0.3, 0.4) is 0 Å². The second-order valence-electron chi connectivity index (χ2n) is 6.07. The quantitative estimate of drug-likeness (QED) is 0.935. The minimum Gasteiger partial charge on any atom is -0.386 e. The van der Waals surface area contributed by atoms with Crippen LogP contribution in [0, 0.1) is 0 Å². The molecule has 4 nitrogen and oxygen atoms in total. The van der Waals surface area contributed by atoms with Gasteiger partial charge in [0.1, 0.15) is 16.0 Å². The van der Waals surface area contributed by atoms with Crippen molar-refractivity contribution in [3.8, 4) is 0 Å². The van der Waals surface area contributed by atoms with E-state index in [1.54, 1.807) is 13.1 Å². The van der Waals surface area contributed by atoms with Crippen molar-refractivity contribution in [1.82, 2.24) is 9.88 Å². The summed E-state index contributed by atoms with van der Waals surface area (Å²) in [5.41, 5.74) is 1.37.